The molecule has 0 aliphatic carbocycles. The van der Waals surface area contributed by atoms with E-state index < -0.39 is 4.92 Å². The van der Waals surface area contributed by atoms with Gasteiger partial charge in [0.2, 0.25) is 0 Å². The van der Waals surface area contributed by atoms with Gasteiger partial charge in [0.15, 0.2) is 0 Å². The molecule has 0 radical (unpaired) electrons. The average molecular weight is 242 g/mol. The van der Waals surface area contributed by atoms with Crippen LogP contribution in [0.1, 0.15) is 11.6 Å². The molecule has 0 bridgehead atoms. The summed E-state index contributed by atoms with van der Waals surface area (Å²) in [6.07, 6.45) is 0. The zero-order valence-corrected chi connectivity index (χ0v) is 8.82. The van der Waals surface area contributed by atoms with Crippen LogP contribution in [-0.4, -0.2) is 17.5 Å². The van der Waals surface area contributed by atoms with E-state index in [9.17, 15) is 14.9 Å². The number of carbonyl (C=O) groups is 1. The number of nitrogens with one attached hydrogen (secondary N) is 2. The normalized spacial score (nSPS) is 19.1. The molecule has 0 unspecified atom stereocenters. The lowest BCUT2D eigenvalue weighted by Gasteiger charge is -2.08. The summed E-state index contributed by atoms with van der Waals surface area (Å²) in [7, 11) is 0. The predicted octanol–water partition coefficient (Wildman–Crippen LogP) is 1.60. The summed E-state index contributed by atoms with van der Waals surface area (Å²) >= 11 is 5.68. The van der Waals surface area contributed by atoms with Gasteiger partial charge in [-0.15, -0.1) is 0 Å². The summed E-state index contributed by atoms with van der Waals surface area (Å²) in [6, 6.07) is 3.97. The van der Waals surface area contributed by atoms with Crippen molar-refractivity contribution in [3.05, 3.63) is 38.9 Å². The minimum Gasteiger partial charge on any atom is -0.336 e. The molecule has 84 valence electrons. The molecule has 1 fully saturated rings. The second-order valence-corrected chi connectivity index (χ2v) is 3.78. The van der Waals surface area contributed by atoms with Gasteiger partial charge in [-0.1, -0.05) is 17.7 Å². The molecule has 2 amide bonds. The van der Waals surface area contributed by atoms with E-state index in [1.165, 1.54) is 12.1 Å². The van der Waals surface area contributed by atoms with Gasteiger partial charge in [-0.2, -0.15) is 0 Å². The van der Waals surface area contributed by atoms with Gasteiger partial charge < -0.3 is 10.6 Å². The number of benzene rings is 1. The van der Waals surface area contributed by atoms with Gasteiger partial charge >= 0.3 is 6.03 Å². The highest BCUT2D eigenvalue weighted by Gasteiger charge is 2.24. The molecule has 1 atom stereocenters. The van der Waals surface area contributed by atoms with E-state index in [-0.39, 0.29) is 22.8 Å². The molecular weight excluding hydrogens is 234 g/mol. The van der Waals surface area contributed by atoms with Crippen LogP contribution in [0.15, 0.2) is 18.2 Å². The highest BCUT2D eigenvalue weighted by atomic mass is 35.5. The third kappa shape index (κ3) is 1.92. The van der Waals surface area contributed by atoms with Crippen molar-refractivity contribution in [1.29, 1.82) is 0 Å². The fourth-order valence-corrected chi connectivity index (χ4v) is 1.73. The standard InChI is InChI=1S/C9H8ClN3O3/c10-6-2-1-5(3-8(6)13(15)16)7-4-11-9(14)12-7/h1-3,7H,4H2,(H2,11,12,14)/t7-/m1/s1. The topological polar surface area (TPSA) is 84.3 Å². The van der Waals surface area contributed by atoms with Gasteiger partial charge in [0, 0.05) is 12.6 Å². The third-order valence-corrected chi connectivity index (χ3v) is 2.66. The summed E-state index contributed by atoms with van der Waals surface area (Å²) in [4.78, 5) is 21.1. The highest BCUT2D eigenvalue weighted by molar-refractivity contribution is 6.32. The lowest BCUT2D eigenvalue weighted by Crippen LogP contribution is -2.21. The van der Waals surface area contributed by atoms with Crippen LogP contribution in [0.2, 0.25) is 5.02 Å². The lowest BCUT2D eigenvalue weighted by atomic mass is 10.1. The lowest BCUT2D eigenvalue weighted by molar-refractivity contribution is -0.384. The van der Waals surface area contributed by atoms with Crippen LogP contribution >= 0.6 is 11.6 Å². The maximum Gasteiger partial charge on any atom is 0.315 e. The van der Waals surface area contributed by atoms with Crippen molar-refractivity contribution in [2.45, 2.75) is 6.04 Å². The molecule has 16 heavy (non-hydrogen) atoms. The molecule has 0 aromatic heterocycles. The first-order valence-corrected chi connectivity index (χ1v) is 4.94. The average Bonchev–Trinajstić information content (AvgIpc) is 2.65. The number of halogens is 1. The summed E-state index contributed by atoms with van der Waals surface area (Å²) in [5.41, 5.74) is 0.509. The quantitative estimate of drug-likeness (QED) is 0.609. The van der Waals surface area contributed by atoms with Gasteiger partial charge in [-0.25, -0.2) is 4.79 Å². The van der Waals surface area contributed by atoms with Gasteiger partial charge in [-0.05, 0) is 11.6 Å². The minimum absolute atomic E-state index is 0.0889. The van der Waals surface area contributed by atoms with Crippen molar-refractivity contribution in [2.24, 2.45) is 0 Å². The molecule has 7 heteroatoms. The molecular formula is C9H8ClN3O3. The molecule has 2 N–H and O–H groups in total. The van der Waals surface area contributed by atoms with Crippen molar-refractivity contribution in [3.63, 3.8) is 0 Å². The Morgan fingerprint density at radius 3 is 2.81 bits per heavy atom. The zero-order chi connectivity index (χ0) is 11.7. The van der Waals surface area contributed by atoms with Crippen LogP contribution in [0.5, 0.6) is 0 Å². The maximum absolute atomic E-state index is 10.9. The fraction of sp³-hybridized carbons (Fsp3) is 0.222. The van der Waals surface area contributed by atoms with Crippen LogP contribution in [0.25, 0.3) is 0 Å². The van der Waals surface area contributed by atoms with Gasteiger partial charge in [0.1, 0.15) is 5.02 Å². The minimum atomic E-state index is -0.546. The molecule has 1 aliphatic heterocycles. The van der Waals surface area contributed by atoms with Crippen molar-refractivity contribution < 1.29 is 9.72 Å². The van der Waals surface area contributed by atoms with Gasteiger partial charge in [0.25, 0.3) is 5.69 Å². The van der Waals surface area contributed by atoms with Crippen molar-refractivity contribution in [1.82, 2.24) is 10.6 Å². The highest BCUT2D eigenvalue weighted by Crippen LogP contribution is 2.28. The predicted molar refractivity (Wildman–Crippen MR) is 57.4 cm³/mol. The molecule has 1 aromatic carbocycles. The third-order valence-electron chi connectivity index (χ3n) is 2.34. The number of carbonyl (C=O) groups excluding carboxylic acids is 1. The van der Waals surface area contributed by atoms with Crippen LogP contribution in [0, 0.1) is 10.1 Å². The maximum atomic E-state index is 10.9. The molecule has 2 rings (SSSR count). The monoisotopic (exact) mass is 241 g/mol. The summed E-state index contributed by atoms with van der Waals surface area (Å²) in [6.45, 7) is 0.414. The number of urea groups is 1. The SMILES string of the molecule is O=C1NC[C@H](c2ccc(Cl)c([N+](=O)[O-])c2)N1. The Bertz CT molecular complexity index is 463. The zero-order valence-electron chi connectivity index (χ0n) is 8.07. The Morgan fingerprint density at radius 1 is 1.50 bits per heavy atom. The summed E-state index contributed by atoms with van der Waals surface area (Å²) < 4.78 is 0. The number of nitro groups is 1. The van der Waals surface area contributed by atoms with Crippen molar-refractivity contribution in [2.75, 3.05) is 6.54 Å². The summed E-state index contributed by atoms with van der Waals surface area (Å²) in [5.74, 6) is 0. The molecule has 0 saturated carbocycles. The molecule has 1 heterocycles. The molecule has 1 saturated heterocycles. The Labute approximate surface area is 95.7 Å². The summed E-state index contributed by atoms with van der Waals surface area (Å²) in [5, 5.41) is 16.0. The first kappa shape index (κ1) is 10.7. The molecule has 6 nitrogen and oxygen atoms in total. The second-order valence-electron chi connectivity index (χ2n) is 3.37. The van der Waals surface area contributed by atoms with E-state index in [1.54, 1.807) is 6.07 Å². The second kappa shape index (κ2) is 3.97. The van der Waals surface area contributed by atoms with Crippen LogP contribution < -0.4 is 10.6 Å². The van der Waals surface area contributed by atoms with Gasteiger partial charge in [0.05, 0.1) is 11.0 Å². The van der Waals surface area contributed by atoms with E-state index >= 15 is 0 Å². The van der Waals surface area contributed by atoms with Crippen LogP contribution in [0.4, 0.5) is 10.5 Å². The molecule has 1 aliphatic rings. The number of amides is 2. The first-order valence-electron chi connectivity index (χ1n) is 4.56. The van der Waals surface area contributed by atoms with E-state index in [0.717, 1.165) is 0 Å². The smallest absolute Gasteiger partial charge is 0.315 e. The molecule has 1 aromatic rings. The number of nitrogens with zero attached hydrogens (tertiary/aromatic N) is 1. The fourth-order valence-electron chi connectivity index (χ4n) is 1.54. The van der Waals surface area contributed by atoms with Crippen molar-refractivity contribution in [3.8, 4) is 0 Å². The van der Waals surface area contributed by atoms with E-state index in [0.29, 0.717) is 12.1 Å². The van der Waals surface area contributed by atoms with E-state index in [1.807, 2.05) is 0 Å². The van der Waals surface area contributed by atoms with Crippen LogP contribution in [0.3, 0.4) is 0 Å². The van der Waals surface area contributed by atoms with Gasteiger partial charge in [-0.3, -0.25) is 10.1 Å². The Kier molecular flexibility index (Phi) is 2.66. The number of hydrogen-bond donors (Lipinski definition) is 2. The number of nitro benzene ring substituents is 1. The number of rotatable bonds is 2. The van der Waals surface area contributed by atoms with Crippen molar-refractivity contribution >= 4 is 23.3 Å². The largest absolute Gasteiger partial charge is 0.336 e. The first-order chi connectivity index (χ1) is 7.58. The van der Waals surface area contributed by atoms with Crippen LogP contribution in [-0.2, 0) is 0 Å². The Morgan fingerprint density at radius 2 is 2.25 bits per heavy atom. The Hall–Kier alpha value is -1.82. The number of hydrogen-bond acceptors (Lipinski definition) is 3. The Balaban J connectivity index is 2.32. The van der Waals surface area contributed by atoms with E-state index in [4.69, 9.17) is 11.6 Å². The molecule has 0 spiro atoms. The van der Waals surface area contributed by atoms with E-state index in [2.05, 4.69) is 10.6 Å².